The van der Waals surface area contributed by atoms with Crippen LogP contribution in [0.5, 0.6) is 0 Å². The van der Waals surface area contributed by atoms with Gasteiger partial charge in [-0.15, -0.1) is 0 Å². The van der Waals surface area contributed by atoms with Gasteiger partial charge in [0.15, 0.2) is 0 Å². The average Bonchev–Trinajstić information content (AvgIpc) is 3.36. The molecule has 0 bridgehead atoms. The fraction of sp³-hybridized carbons (Fsp3) is 0.529. The molecule has 8 N–H and O–H groups in total. The smallest absolute Gasteiger partial charge is 0.326 e. The number of aromatic amines is 1. The summed E-state index contributed by atoms with van der Waals surface area (Å²) in [6.45, 7) is -0.153. The standard InChI is InChI=1S/C17H25N7O6/c18-10(4-9-6-20-8-22-9)16(28)24-3-1-2-12(24)15(27)21-7-14(26)23-11(17(29)30)5-13(19)25/h6,8,10-12H,1-5,7,18H2,(H2,19,25)(H,20,22)(H,21,27)(H,23,26)(H,29,30). The molecule has 1 aliphatic heterocycles. The van der Waals surface area contributed by atoms with Gasteiger partial charge in [-0.3, -0.25) is 19.2 Å². The molecule has 1 aromatic rings. The summed E-state index contributed by atoms with van der Waals surface area (Å²) in [4.78, 5) is 67.0. The molecule has 2 heterocycles. The van der Waals surface area contributed by atoms with Gasteiger partial charge in [-0.1, -0.05) is 0 Å². The van der Waals surface area contributed by atoms with Gasteiger partial charge >= 0.3 is 5.97 Å². The number of aliphatic carboxylic acids is 1. The van der Waals surface area contributed by atoms with Crippen LogP contribution in [0.25, 0.3) is 0 Å². The van der Waals surface area contributed by atoms with Crippen LogP contribution in [0.4, 0.5) is 0 Å². The minimum absolute atomic E-state index is 0.239. The van der Waals surface area contributed by atoms with Crippen LogP contribution < -0.4 is 22.1 Å². The number of nitrogens with zero attached hydrogens (tertiary/aromatic N) is 2. The first-order valence-corrected chi connectivity index (χ1v) is 9.30. The number of amides is 4. The Balaban J connectivity index is 1.87. The molecule has 1 aromatic heterocycles. The number of likely N-dealkylation sites (tertiary alicyclic amines) is 1. The summed E-state index contributed by atoms with van der Waals surface area (Å²) in [6.07, 6.45) is 3.71. The molecule has 0 spiro atoms. The van der Waals surface area contributed by atoms with E-state index in [1.807, 2.05) is 0 Å². The van der Waals surface area contributed by atoms with E-state index in [1.54, 1.807) is 6.20 Å². The highest BCUT2D eigenvalue weighted by Crippen LogP contribution is 2.19. The second-order valence-corrected chi connectivity index (χ2v) is 6.92. The molecule has 13 nitrogen and oxygen atoms in total. The lowest BCUT2D eigenvalue weighted by atomic mass is 10.1. The number of rotatable bonds is 10. The Morgan fingerprint density at radius 3 is 2.67 bits per heavy atom. The number of nitrogens with one attached hydrogen (secondary N) is 3. The minimum Gasteiger partial charge on any atom is -0.480 e. The first-order chi connectivity index (χ1) is 14.2. The predicted molar refractivity (Wildman–Crippen MR) is 101 cm³/mol. The SMILES string of the molecule is NC(=O)CC(NC(=O)CNC(=O)C1CCCN1C(=O)C(N)Cc1cnc[nH]1)C(=O)O. The molecular formula is C17H25N7O6. The van der Waals surface area contributed by atoms with Crippen molar-refractivity contribution in [3.63, 3.8) is 0 Å². The minimum atomic E-state index is -1.49. The summed E-state index contributed by atoms with van der Waals surface area (Å²) in [7, 11) is 0. The molecule has 1 fully saturated rings. The van der Waals surface area contributed by atoms with Gasteiger partial charge in [-0.05, 0) is 12.8 Å². The Morgan fingerprint density at radius 2 is 2.07 bits per heavy atom. The molecule has 1 saturated heterocycles. The van der Waals surface area contributed by atoms with Crippen LogP contribution in [0.3, 0.4) is 0 Å². The van der Waals surface area contributed by atoms with E-state index in [0.29, 0.717) is 25.1 Å². The van der Waals surface area contributed by atoms with E-state index >= 15 is 0 Å². The van der Waals surface area contributed by atoms with Crippen LogP contribution in [0.15, 0.2) is 12.5 Å². The number of carboxylic acid groups (broad SMARTS) is 1. The third-order valence-corrected chi connectivity index (χ3v) is 4.61. The van der Waals surface area contributed by atoms with E-state index in [-0.39, 0.29) is 12.3 Å². The van der Waals surface area contributed by atoms with Gasteiger partial charge in [0.25, 0.3) is 0 Å². The van der Waals surface area contributed by atoms with Gasteiger partial charge in [0.2, 0.25) is 23.6 Å². The molecular weight excluding hydrogens is 398 g/mol. The van der Waals surface area contributed by atoms with E-state index in [1.165, 1.54) is 11.2 Å². The second kappa shape index (κ2) is 10.3. The molecule has 13 heteroatoms. The molecule has 2 rings (SSSR count). The fourth-order valence-electron chi connectivity index (χ4n) is 3.17. The molecule has 4 amide bonds. The highest BCUT2D eigenvalue weighted by Gasteiger charge is 2.36. The van der Waals surface area contributed by atoms with E-state index in [0.717, 1.165) is 0 Å². The van der Waals surface area contributed by atoms with E-state index < -0.39 is 54.8 Å². The van der Waals surface area contributed by atoms with Gasteiger partial charge < -0.3 is 37.1 Å². The number of carbonyl (C=O) groups is 5. The van der Waals surface area contributed by atoms with Crippen LogP contribution in [-0.2, 0) is 30.4 Å². The first kappa shape index (κ1) is 22.8. The van der Waals surface area contributed by atoms with Crippen molar-refractivity contribution in [3.8, 4) is 0 Å². The Bertz CT molecular complexity index is 797. The highest BCUT2D eigenvalue weighted by atomic mass is 16.4. The van der Waals surface area contributed by atoms with Crippen LogP contribution in [-0.4, -0.2) is 80.8 Å². The van der Waals surface area contributed by atoms with Crippen molar-refractivity contribution in [2.75, 3.05) is 13.1 Å². The molecule has 0 aliphatic carbocycles. The summed E-state index contributed by atoms with van der Waals surface area (Å²) in [5.41, 5.74) is 11.6. The summed E-state index contributed by atoms with van der Waals surface area (Å²) in [5, 5.41) is 13.5. The summed E-state index contributed by atoms with van der Waals surface area (Å²) in [6, 6.07) is -3.12. The number of primary amides is 1. The van der Waals surface area contributed by atoms with E-state index in [4.69, 9.17) is 16.6 Å². The zero-order valence-electron chi connectivity index (χ0n) is 16.2. The Hall–Kier alpha value is -3.48. The molecule has 164 valence electrons. The number of carboxylic acids is 1. The maximum Gasteiger partial charge on any atom is 0.326 e. The number of H-pyrrole nitrogens is 1. The van der Waals surface area contributed by atoms with Crippen molar-refractivity contribution in [1.29, 1.82) is 0 Å². The van der Waals surface area contributed by atoms with Crippen molar-refractivity contribution < 1.29 is 29.1 Å². The van der Waals surface area contributed by atoms with Crippen LogP contribution in [0, 0.1) is 0 Å². The van der Waals surface area contributed by atoms with Gasteiger partial charge in [0.05, 0.1) is 25.3 Å². The maximum absolute atomic E-state index is 12.6. The van der Waals surface area contributed by atoms with Crippen molar-refractivity contribution in [2.45, 2.75) is 43.8 Å². The lowest BCUT2D eigenvalue weighted by Gasteiger charge is -2.26. The highest BCUT2D eigenvalue weighted by molar-refractivity contribution is 5.93. The first-order valence-electron chi connectivity index (χ1n) is 9.30. The van der Waals surface area contributed by atoms with Crippen LogP contribution >= 0.6 is 0 Å². The molecule has 0 saturated carbocycles. The lowest BCUT2D eigenvalue weighted by Crippen LogP contribution is -2.53. The topological polar surface area (TPSA) is 214 Å². The summed E-state index contributed by atoms with van der Waals surface area (Å²) in [5.74, 6) is -4.06. The van der Waals surface area contributed by atoms with E-state index in [2.05, 4.69) is 20.6 Å². The third kappa shape index (κ3) is 6.27. The molecule has 1 aliphatic rings. The van der Waals surface area contributed by atoms with Crippen molar-refractivity contribution in [2.24, 2.45) is 11.5 Å². The molecule has 3 atom stereocenters. The molecule has 0 aromatic carbocycles. The van der Waals surface area contributed by atoms with E-state index in [9.17, 15) is 24.0 Å². The van der Waals surface area contributed by atoms with Crippen LogP contribution in [0.2, 0.25) is 0 Å². The van der Waals surface area contributed by atoms with Gasteiger partial charge in [-0.25, -0.2) is 9.78 Å². The van der Waals surface area contributed by atoms with Gasteiger partial charge in [0.1, 0.15) is 12.1 Å². The Labute approximate surface area is 171 Å². The van der Waals surface area contributed by atoms with Crippen molar-refractivity contribution in [3.05, 3.63) is 18.2 Å². The number of hydrogen-bond donors (Lipinski definition) is 6. The summed E-state index contributed by atoms with van der Waals surface area (Å²) >= 11 is 0. The number of imidazole rings is 1. The normalized spacial score (nSPS) is 17.8. The maximum atomic E-state index is 12.6. The molecule has 0 radical (unpaired) electrons. The second-order valence-electron chi connectivity index (χ2n) is 6.92. The van der Waals surface area contributed by atoms with Crippen LogP contribution in [0.1, 0.15) is 25.0 Å². The largest absolute Gasteiger partial charge is 0.480 e. The van der Waals surface area contributed by atoms with Gasteiger partial charge in [-0.2, -0.15) is 0 Å². The van der Waals surface area contributed by atoms with Gasteiger partial charge in [0, 0.05) is 24.9 Å². The van der Waals surface area contributed by atoms with Crippen molar-refractivity contribution >= 4 is 29.6 Å². The summed E-state index contributed by atoms with van der Waals surface area (Å²) < 4.78 is 0. The molecule has 30 heavy (non-hydrogen) atoms. The van der Waals surface area contributed by atoms with Crippen molar-refractivity contribution in [1.82, 2.24) is 25.5 Å². The fourth-order valence-corrected chi connectivity index (χ4v) is 3.17. The predicted octanol–water partition coefficient (Wildman–Crippen LogP) is -3.17. The quantitative estimate of drug-likeness (QED) is 0.225. The number of aromatic nitrogens is 2. The zero-order valence-corrected chi connectivity index (χ0v) is 16.2. The Kier molecular flexibility index (Phi) is 7.86. The number of hydrogen-bond acceptors (Lipinski definition) is 7. The monoisotopic (exact) mass is 423 g/mol. The zero-order chi connectivity index (χ0) is 22.3. The molecule has 3 unspecified atom stereocenters. The number of nitrogens with two attached hydrogens (primary N) is 2. The Morgan fingerprint density at radius 1 is 1.33 bits per heavy atom. The lowest BCUT2D eigenvalue weighted by molar-refractivity contribution is -0.143. The average molecular weight is 423 g/mol. The number of carbonyl (C=O) groups excluding carboxylic acids is 4. The third-order valence-electron chi connectivity index (χ3n) is 4.61.